The standard InChI is InChI=1S/C8H8O5S.Na/c1-5(9)6-3-2-4-7(8(6)10)14(11,12)13;/h2-4,10H,1H3,(H,11,12,13);/q;+1/p-1. The van der Waals surface area contributed by atoms with Gasteiger partial charge in [-0.1, -0.05) is 6.07 Å². The summed E-state index contributed by atoms with van der Waals surface area (Å²) in [6.45, 7) is 1.16. The number of carbonyl (C=O) groups excluding carboxylic acids is 1. The van der Waals surface area contributed by atoms with Crippen LogP contribution in [0.2, 0.25) is 0 Å². The van der Waals surface area contributed by atoms with E-state index in [1.165, 1.54) is 12.1 Å². The molecule has 7 heteroatoms. The van der Waals surface area contributed by atoms with Crippen LogP contribution in [0.3, 0.4) is 0 Å². The van der Waals surface area contributed by atoms with Gasteiger partial charge in [-0.15, -0.1) is 0 Å². The molecule has 76 valence electrons. The molecule has 0 aliphatic carbocycles. The molecular formula is C8H7NaO5S. The molecule has 15 heavy (non-hydrogen) atoms. The monoisotopic (exact) mass is 238 g/mol. The predicted octanol–water partition coefficient (Wildman–Crippen LogP) is -2.50. The number of hydrogen-bond donors (Lipinski definition) is 1. The van der Waals surface area contributed by atoms with Crippen molar-refractivity contribution in [2.45, 2.75) is 11.8 Å². The third kappa shape index (κ3) is 3.29. The summed E-state index contributed by atoms with van der Waals surface area (Å²) in [4.78, 5) is 10.1. The Labute approximate surface area is 109 Å². The number of benzene rings is 1. The van der Waals surface area contributed by atoms with Crippen molar-refractivity contribution in [3.05, 3.63) is 23.8 Å². The van der Waals surface area contributed by atoms with E-state index in [9.17, 15) is 22.9 Å². The van der Waals surface area contributed by atoms with Crippen molar-refractivity contribution in [1.29, 1.82) is 0 Å². The molecule has 0 aromatic heterocycles. The molecule has 0 aliphatic rings. The van der Waals surface area contributed by atoms with E-state index in [0.717, 1.165) is 13.0 Å². The molecule has 0 spiro atoms. The molecule has 0 saturated carbocycles. The Bertz CT molecular complexity index is 480. The van der Waals surface area contributed by atoms with Crippen molar-refractivity contribution in [2.75, 3.05) is 0 Å². The number of carbonyl (C=O) groups is 1. The van der Waals surface area contributed by atoms with Crippen molar-refractivity contribution in [2.24, 2.45) is 0 Å². The predicted molar refractivity (Wildman–Crippen MR) is 46.1 cm³/mol. The van der Waals surface area contributed by atoms with Gasteiger partial charge in [0.05, 0.1) is 10.5 Å². The minimum Gasteiger partial charge on any atom is -0.744 e. The van der Waals surface area contributed by atoms with Crippen LogP contribution in [0.5, 0.6) is 5.75 Å². The van der Waals surface area contributed by atoms with Gasteiger partial charge in [0.1, 0.15) is 15.9 Å². The molecule has 0 radical (unpaired) electrons. The first-order valence-corrected chi connectivity index (χ1v) is 5.03. The van der Waals surface area contributed by atoms with E-state index in [-0.39, 0.29) is 35.1 Å². The molecule has 0 saturated heterocycles. The topological polar surface area (TPSA) is 94.5 Å². The normalized spacial score (nSPS) is 10.5. The third-order valence-electron chi connectivity index (χ3n) is 1.65. The van der Waals surface area contributed by atoms with Crippen molar-refractivity contribution in [3.8, 4) is 5.75 Å². The van der Waals surface area contributed by atoms with Crippen molar-refractivity contribution < 1.29 is 52.4 Å². The second kappa shape index (κ2) is 5.09. The van der Waals surface area contributed by atoms with Gasteiger partial charge in [0, 0.05) is 0 Å². The molecule has 0 unspecified atom stereocenters. The molecule has 1 aromatic carbocycles. The van der Waals surface area contributed by atoms with Crippen LogP contribution in [0, 0.1) is 0 Å². The molecule has 1 N–H and O–H groups in total. The van der Waals surface area contributed by atoms with Crippen LogP contribution in [-0.2, 0) is 10.1 Å². The van der Waals surface area contributed by atoms with Crippen LogP contribution >= 0.6 is 0 Å². The fourth-order valence-electron chi connectivity index (χ4n) is 1.01. The van der Waals surface area contributed by atoms with Gasteiger partial charge in [-0.3, -0.25) is 4.79 Å². The number of Topliss-reactive ketones (excluding diaryl/α,β-unsaturated/α-hetero) is 1. The van der Waals surface area contributed by atoms with Crippen LogP contribution in [0.15, 0.2) is 23.1 Å². The fraction of sp³-hybridized carbons (Fsp3) is 0.125. The SMILES string of the molecule is CC(=O)c1cccc(S(=O)(=O)[O-])c1O.[Na+]. The Morgan fingerprint density at radius 2 is 1.93 bits per heavy atom. The van der Waals surface area contributed by atoms with Crippen LogP contribution < -0.4 is 29.6 Å². The van der Waals surface area contributed by atoms with E-state index in [0.29, 0.717) is 0 Å². The van der Waals surface area contributed by atoms with E-state index in [2.05, 4.69) is 0 Å². The summed E-state index contributed by atoms with van der Waals surface area (Å²) < 4.78 is 31.8. The second-order valence-corrected chi connectivity index (χ2v) is 4.01. The van der Waals surface area contributed by atoms with Crippen LogP contribution in [0.4, 0.5) is 0 Å². The maximum Gasteiger partial charge on any atom is 1.00 e. The average molecular weight is 238 g/mol. The molecule has 0 aliphatic heterocycles. The zero-order chi connectivity index (χ0) is 10.9. The van der Waals surface area contributed by atoms with Crippen LogP contribution in [-0.4, -0.2) is 23.9 Å². The average Bonchev–Trinajstić information content (AvgIpc) is 2.01. The number of para-hydroxylation sites is 1. The van der Waals surface area contributed by atoms with Gasteiger partial charge in [0.15, 0.2) is 5.78 Å². The molecular weight excluding hydrogens is 231 g/mol. The zero-order valence-corrected chi connectivity index (χ0v) is 11.0. The van der Waals surface area contributed by atoms with E-state index in [1.54, 1.807) is 0 Å². The van der Waals surface area contributed by atoms with Crippen LogP contribution in [0.1, 0.15) is 17.3 Å². The Morgan fingerprint density at radius 3 is 2.33 bits per heavy atom. The summed E-state index contributed by atoms with van der Waals surface area (Å²) in [5.41, 5.74) is -0.179. The van der Waals surface area contributed by atoms with Gasteiger partial charge >= 0.3 is 29.6 Å². The van der Waals surface area contributed by atoms with Gasteiger partial charge < -0.3 is 9.66 Å². The van der Waals surface area contributed by atoms with E-state index < -0.39 is 26.5 Å². The second-order valence-electron chi connectivity index (χ2n) is 2.66. The maximum atomic E-state index is 10.9. The van der Waals surface area contributed by atoms with E-state index in [4.69, 9.17) is 0 Å². The number of ketones is 1. The van der Waals surface area contributed by atoms with Gasteiger partial charge in [-0.2, -0.15) is 0 Å². The minimum atomic E-state index is -4.74. The van der Waals surface area contributed by atoms with Crippen LogP contribution in [0.25, 0.3) is 0 Å². The van der Waals surface area contributed by atoms with E-state index in [1.807, 2.05) is 0 Å². The molecule has 1 rings (SSSR count). The first-order chi connectivity index (χ1) is 6.34. The Hall–Kier alpha value is -0.400. The minimum absolute atomic E-state index is 0. The maximum absolute atomic E-state index is 10.9. The van der Waals surface area contributed by atoms with Crippen molar-refractivity contribution in [3.63, 3.8) is 0 Å². The largest absolute Gasteiger partial charge is 1.00 e. The van der Waals surface area contributed by atoms with Gasteiger partial charge in [0.2, 0.25) is 0 Å². The fourth-order valence-corrected chi connectivity index (χ4v) is 1.60. The molecule has 5 nitrogen and oxygen atoms in total. The summed E-state index contributed by atoms with van der Waals surface area (Å²) in [6.07, 6.45) is 0. The third-order valence-corrected chi connectivity index (χ3v) is 2.52. The summed E-state index contributed by atoms with van der Waals surface area (Å²) in [7, 11) is -4.74. The molecule has 0 fully saturated rings. The van der Waals surface area contributed by atoms with Crippen molar-refractivity contribution in [1.82, 2.24) is 0 Å². The van der Waals surface area contributed by atoms with Gasteiger partial charge in [-0.25, -0.2) is 8.42 Å². The number of aromatic hydroxyl groups is 1. The Morgan fingerprint density at radius 1 is 1.40 bits per heavy atom. The number of rotatable bonds is 2. The van der Waals surface area contributed by atoms with E-state index >= 15 is 0 Å². The van der Waals surface area contributed by atoms with Gasteiger partial charge in [-0.05, 0) is 19.1 Å². The zero-order valence-electron chi connectivity index (χ0n) is 8.22. The van der Waals surface area contributed by atoms with Crippen molar-refractivity contribution >= 4 is 15.9 Å². The first-order valence-electron chi connectivity index (χ1n) is 3.63. The quantitative estimate of drug-likeness (QED) is 0.349. The number of phenols is 1. The smallest absolute Gasteiger partial charge is 0.744 e. The molecule has 1 aromatic rings. The number of phenolic OH excluding ortho intramolecular Hbond substituents is 1. The Kier molecular flexibility index (Phi) is 4.95. The molecule has 0 heterocycles. The summed E-state index contributed by atoms with van der Waals surface area (Å²) in [5, 5.41) is 9.29. The number of hydrogen-bond acceptors (Lipinski definition) is 5. The summed E-state index contributed by atoms with van der Waals surface area (Å²) in [6, 6.07) is 3.41. The molecule has 0 bridgehead atoms. The molecule has 0 amide bonds. The summed E-state index contributed by atoms with van der Waals surface area (Å²) >= 11 is 0. The Balaban J connectivity index is 0.00000196. The first kappa shape index (κ1) is 14.6. The van der Waals surface area contributed by atoms with Gasteiger partial charge in [0.25, 0.3) is 0 Å². The molecule has 0 atom stereocenters. The summed E-state index contributed by atoms with van der Waals surface area (Å²) in [5.74, 6) is -1.29.